The van der Waals surface area contributed by atoms with E-state index in [-0.39, 0.29) is 6.03 Å². The first-order valence-electron chi connectivity index (χ1n) is 9.37. The van der Waals surface area contributed by atoms with Crippen LogP contribution in [0.1, 0.15) is 36.8 Å². The predicted molar refractivity (Wildman–Crippen MR) is 102 cm³/mol. The number of hydrogen-bond acceptors (Lipinski definition) is 3. The van der Waals surface area contributed by atoms with Crippen LogP contribution in [0.4, 0.5) is 4.79 Å². The standard InChI is InChI=1S/C20H33N3O2/c1-17-8-10-18(11-9-17)16-23(13-6-14-25-3)20(24)21-15-19-7-4-5-12-22(19)2/h8-11,19H,4-7,12-16H2,1-3H3,(H,21,24). The van der Waals surface area contributed by atoms with E-state index in [1.807, 2.05) is 4.90 Å². The predicted octanol–water partition coefficient (Wildman–Crippen LogP) is 3.03. The zero-order chi connectivity index (χ0) is 18.1. The minimum Gasteiger partial charge on any atom is -0.385 e. The number of urea groups is 1. The van der Waals surface area contributed by atoms with Gasteiger partial charge in [0.05, 0.1) is 0 Å². The fourth-order valence-electron chi connectivity index (χ4n) is 3.28. The third kappa shape index (κ3) is 6.67. The molecule has 1 aliphatic heterocycles. The zero-order valence-corrected chi connectivity index (χ0v) is 16.0. The second kappa shape index (κ2) is 10.4. The molecule has 1 N–H and O–H groups in total. The summed E-state index contributed by atoms with van der Waals surface area (Å²) >= 11 is 0. The van der Waals surface area contributed by atoms with E-state index in [2.05, 4.69) is 48.5 Å². The minimum atomic E-state index is 0.0238. The molecule has 1 aliphatic rings. The van der Waals surface area contributed by atoms with E-state index in [4.69, 9.17) is 4.74 Å². The van der Waals surface area contributed by atoms with Crippen LogP contribution in [0.5, 0.6) is 0 Å². The molecule has 5 heteroatoms. The molecule has 0 bridgehead atoms. The third-order valence-electron chi connectivity index (χ3n) is 4.97. The smallest absolute Gasteiger partial charge is 0.317 e. The summed E-state index contributed by atoms with van der Waals surface area (Å²) in [6, 6.07) is 8.87. The molecule has 0 saturated carbocycles. The van der Waals surface area contributed by atoms with Crippen LogP contribution in [0.3, 0.4) is 0 Å². The van der Waals surface area contributed by atoms with E-state index in [9.17, 15) is 4.79 Å². The van der Waals surface area contributed by atoms with Gasteiger partial charge in [0.15, 0.2) is 0 Å². The molecular weight excluding hydrogens is 314 g/mol. The lowest BCUT2D eigenvalue weighted by Gasteiger charge is -2.33. The number of aryl methyl sites for hydroxylation is 1. The van der Waals surface area contributed by atoms with Crippen LogP contribution in [0.15, 0.2) is 24.3 Å². The largest absolute Gasteiger partial charge is 0.385 e. The van der Waals surface area contributed by atoms with Gasteiger partial charge in [0.25, 0.3) is 0 Å². The van der Waals surface area contributed by atoms with E-state index >= 15 is 0 Å². The van der Waals surface area contributed by atoms with Crippen LogP contribution in [0.2, 0.25) is 0 Å². The highest BCUT2D eigenvalue weighted by atomic mass is 16.5. The Bertz CT molecular complexity index is 518. The van der Waals surface area contributed by atoms with Gasteiger partial charge in [-0.1, -0.05) is 36.2 Å². The van der Waals surface area contributed by atoms with Crippen molar-refractivity contribution in [3.8, 4) is 0 Å². The summed E-state index contributed by atoms with van der Waals surface area (Å²) in [4.78, 5) is 17.0. The topological polar surface area (TPSA) is 44.8 Å². The van der Waals surface area contributed by atoms with Crippen molar-refractivity contribution in [2.75, 3.05) is 40.4 Å². The maximum atomic E-state index is 12.7. The SMILES string of the molecule is COCCCN(Cc1ccc(C)cc1)C(=O)NCC1CCCCN1C. The van der Waals surface area contributed by atoms with E-state index in [1.165, 1.54) is 24.8 Å². The highest BCUT2D eigenvalue weighted by molar-refractivity contribution is 5.74. The molecule has 1 unspecified atom stereocenters. The molecule has 1 atom stereocenters. The molecular formula is C20H33N3O2. The van der Waals surface area contributed by atoms with E-state index in [0.29, 0.717) is 25.7 Å². The Hall–Kier alpha value is -1.59. The van der Waals surface area contributed by atoms with Crippen molar-refractivity contribution in [1.82, 2.24) is 15.1 Å². The van der Waals surface area contributed by atoms with Gasteiger partial charge >= 0.3 is 6.03 Å². The molecule has 2 rings (SSSR count). The first-order valence-corrected chi connectivity index (χ1v) is 9.37. The van der Waals surface area contributed by atoms with E-state index < -0.39 is 0 Å². The van der Waals surface area contributed by atoms with Gasteiger partial charge in [0.2, 0.25) is 0 Å². The number of likely N-dealkylation sites (N-methyl/N-ethyl adjacent to an activating group) is 1. The molecule has 25 heavy (non-hydrogen) atoms. The number of nitrogens with one attached hydrogen (secondary N) is 1. The molecule has 1 aromatic rings. The first kappa shape index (κ1) is 19.7. The average Bonchev–Trinajstić information content (AvgIpc) is 2.62. The summed E-state index contributed by atoms with van der Waals surface area (Å²) in [7, 11) is 3.85. The number of nitrogens with zero attached hydrogens (tertiary/aromatic N) is 2. The second-order valence-corrected chi connectivity index (χ2v) is 7.07. The molecule has 0 aromatic heterocycles. The Balaban J connectivity index is 1.90. The number of hydrogen-bond donors (Lipinski definition) is 1. The fraction of sp³-hybridized carbons (Fsp3) is 0.650. The Labute approximate surface area is 152 Å². The van der Waals surface area contributed by atoms with Crippen molar-refractivity contribution in [2.45, 2.75) is 45.2 Å². The van der Waals surface area contributed by atoms with E-state index in [0.717, 1.165) is 25.1 Å². The van der Waals surface area contributed by atoms with Crippen molar-refractivity contribution in [3.05, 3.63) is 35.4 Å². The lowest BCUT2D eigenvalue weighted by molar-refractivity contribution is 0.156. The summed E-state index contributed by atoms with van der Waals surface area (Å²) < 4.78 is 5.14. The molecule has 0 spiro atoms. The van der Waals surface area contributed by atoms with Crippen molar-refractivity contribution in [1.29, 1.82) is 0 Å². The zero-order valence-electron chi connectivity index (χ0n) is 16.0. The molecule has 1 saturated heterocycles. The van der Waals surface area contributed by atoms with Crippen LogP contribution >= 0.6 is 0 Å². The molecule has 140 valence electrons. The normalized spacial score (nSPS) is 18.1. The van der Waals surface area contributed by atoms with Gasteiger partial charge in [-0.25, -0.2) is 4.79 Å². The van der Waals surface area contributed by atoms with Gasteiger partial charge in [-0.3, -0.25) is 0 Å². The summed E-state index contributed by atoms with van der Waals surface area (Å²) in [5, 5.41) is 3.15. The Morgan fingerprint density at radius 3 is 2.76 bits per heavy atom. The second-order valence-electron chi connectivity index (χ2n) is 7.07. The van der Waals surface area contributed by atoms with E-state index in [1.54, 1.807) is 7.11 Å². The quantitative estimate of drug-likeness (QED) is 0.735. The lowest BCUT2D eigenvalue weighted by atomic mass is 10.0. The van der Waals surface area contributed by atoms with Crippen LogP contribution in [-0.2, 0) is 11.3 Å². The number of benzene rings is 1. The number of piperidine rings is 1. The van der Waals surface area contributed by atoms with Crippen molar-refractivity contribution in [2.24, 2.45) is 0 Å². The lowest BCUT2D eigenvalue weighted by Crippen LogP contribution is -2.48. The molecule has 0 radical (unpaired) electrons. The molecule has 0 aliphatic carbocycles. The van der Waals surface area contributed by atoms with Gasteiger partial charge in [-0.05, 0) is 45.3 Å². The summed E-state index contributed by atoms with van der Waals surface area (Å²) in [5.41, 5.74) is 2.40. The molecule has 1 aromatic carbocycles. The van der Waals surface area contributed by atoms with Crippen molar-refractivity contribution in [3.63, 3.8) is 0 Å². The number of rotatable bonds is 8. The Morgan fingerprint density at radius 1 is 1.32 bits per heavy atom. The molecule has 1 fully saturated rings. The summed E-state index contributed by atoms with van der Waals surface area (Å²) in [5.74, 6) is 0. The van der Waals surface area contributed by atoms with Crippen molar-refractivity contribution < 1.29 is 9.53 Å². The molecule has 1 heterocycles. The number of carbonyl (C=O) groups is 1. The van der Waals surface area contributed by atoms with Crippen LogP contribution in [-0.4, -0.2) is 62.3 Å². The third-order valence-corrected chi connectivity index (χ3v) is 4.97. The number of amides is 2. The average molecular weight is 348 g/mol. The van der Waals surface area contributed by atoms with Crippen LogP contribution in [0.25, 0.3) is 0 Å². The number of ether oxygens (including phenoxy) is 1. The van der Waals surface area contributed by atoms with Gasteiger partial charge in [-0.15, -0.1) is 0 Å². The van der Waals surface area contributed by atoms with Crippen LogP contribution < -0.4 is 5.32 Å². The van der Waals surface area contributed by atoms with Crippen molar-refractivity contribution >= 4 is 6.03 Å². The highest BCUT2D eigenvalue weighted by Crippen LogP contribution is 2.14. The Morgan fingerprint density at radius 2 is 2.08 bits per heavy atom. The monoisotopic (exact) mass is 347 g/mol. The number of likely N-dealkylation sites (tertiary alicyclic amines) is 1. The maximum Gasteiger partial charge on any atom is 0.317 e. The van der Waals surface area contributed by atoms with Crippen LogP contribution in [0, 0.1) is 6.92 Å². The van der Waals surface area contributed by atoms with Gasteiger partial charge in [-0.2, -0.15) is 0 Å². The van der Waals surface area contributed by atoms with Gasteiger partial charge < -0.3 is 19.9 Å². The fourth-order valence-corrected chi connectivity index (χ4v) is 3.28. The maximum absolute atomic E-state index is 12.7. The van der Waals surface area contributed by atoms with Gasteiger partial charge in [0.1, 0.15) is 0 Å². The first-order chi connectivity index (χ1) is 12.1. The number of carbonyl (C=O) groups excluding carboxylic acids is 1. The molecule has 2 amide bonds. The summed E-state index contributed by atoms with van der Waals surface area (Å²) in [6.45, 7) is 5.94. The highest BCUT2D eigenvalue weighted by Gasteiger charge is 2.21. The Kier molecular flexibility index (Phi) is 8.22. The minimum absolute atomic E-state index is 0.0238. The summed E-state index contributed by atoms with van der Waals surface area (Å²) in [6.07, 6.45) is 4.53. The number of methoxy groups -OCH3 is 1. The van der Waals surface area contributed by atoms with Gasteiger partial charge in [0, 0.05) is 39.4 Å². The molecule has 5 nitrogen and oxygen atoms in total.